The number of carbonyl (C=O) groups is 2. The second kappa shape index (κ2) is 7.76. The van der Waals surface area contributed by atoms with Crippen molar-refractivity contribution in [1.29, 1.82) is 0 Å². The first-order valence-corrected chi connectivity index (χ1v) is 9.45. The summed E-state index contributed by atoms with van der Waals surface area (Å²) in [5, 5.41) is 1.89. The average Bonchev–Trinajstić information content (AvgIpc) is 2.58. The van der Waals surface area contributed by atoms with Crippen LogP contribution in [0.4, 0.5) is 9.59 Å². The second-order valence-corrected chi connectivity index (χ2v) is 8.50. The number of carbonyl (C=O) groups excluding carboxylic acids is 2. The highest BCUT2D eigenvalue weighted by Gasteiger charge is 2.46. The summed E-state index contributed by atoms with van der Waals surface area (Å²) in [7, 11) is 0. The molecule has 0 atom stereocenters. The molecular weight excluding hydrogens is 346 g/mol. The summed E-state index contributed by atoms with van der Waals surface area (Å²) in [6, 6.07) is 9.69. The van der Waals surface area contributed by atoms with Gasteiger partial charge in [0, 0.05) is 31.6 Å². The molecule has 1 N–H and O–H groups in total. The maximum absolute atomic E-state index is 12.3. The summed E-state index contributed by atoms with van der Waals surface area (Å²) in [5.74, 6) is 0. The number of ether oxygens (including phenoxy) is 2. The van der Waals surface area contributed by atoms with E-state index in [1.165, 1.54) is 0 Å². The van der Waals surface area contributed by atoms with Crippen LogP contribution < -0.4 is 5.43 Å². The van der Waals surface area contributed by atoms with Gasteiger partial charge in [-0.15, -0.1) is 0 Å². The topological polar surface area (TPSA) is 71.1 Å². The van der Waals surface area contributed by atoms with E-state index in [0.717, 1.165) is 31.5 Å². The number of rotatable bonds is 3. The van der Waals surface area contributed by atoms with E-state index in [2.05, 4.69) is 5.43 Å². The van der Waals surface area contributed by atoms with Crippen LogP contribution in [-0.4, -0.2) is 53.9 Å². The summed E-state index contributed by atoms with van der Waals surface area (Å²) in [6.07, 6.45) is 1.16. The first-order valence-electron chi connectivity index (χ1n) is 9.45. The number of hydrogen-bond donors (Lipinski definition) is 1. The number of hydrazine groups is 1. The van der Waals surface area contributed by atoms with Crippen LogP contribution in [-0.2, 0) is 16.1 Å². The number of nitrogens with zero attached hydrogens (tertiary/aromatic N) is 2. The fourth-order valence-electron chi connectivity index (χ4n) is 3.56. The lowest BCUT2D eigenvalue weighted by atomic mass is 9.73. The van der Waals surface area contributed by atoms with E-state index in [4.69, 9.17) is 9.47 Å². The van der Waals surface area contributed by atoms with Gasteiger partial charge in [0.25, 0.3) is 0 Å². The van der Waals surface area contributed by atoms with Gasteiger partial charge in [-0.25, -0.2) is 14.6 Å². The summed E-state index contributed by atoms with van der Waals surface area (Å²) >= 11 is 0. The summed E-state index contributed by atoms with van der Waals surface area (Å²) in [4.78, 5) is 25.8. The van der Waals surface area contributed by atoms with E-state index in [1.54, 1.807) is 4.90 Å². The molecule has 2 aliphatic rings. The summed E-state index contributed by atoms with van der Waals surface area (Å²) in [5.41, 5.74) is 3.44. The van der Waals surface area contributed by atoms with Gasteiger partial charge in [0.15, 0.2) is 0 Å². The van der Waals surface area contributed by atoms with Crippen molar-refractivity contribution in [2.75, 3.05) is 26.2 Å². The monoisotopic (exact) mass is 375 g/mol. The Morgan fingerprint density at radius 1 is 1.11 bits per heavy atom. The Labute approximate surface area is 160 Å². The molecular formula is C20H29N3O4. The Hall–Kier alpha value is -2.28. The lowest BCUT2D eigenvalue weighted by Crippen LogP contribution is -2.65. The van der Waals surface area contributed by atoms with Gasteiger partial charge in [-0.1, -0.05) is 30.3 Å². The Bertz CT molecular complexity index is 656. The van der Waals surface area contributed by atoms with E-state index in [-0.39, 0.29) is 11.5 Å². The zero-order chi connectivity index (χ0) is 19.5. The number of benzene rings is 1. The Morgan fingerprint density at radius 3 is 2.33 bits per heavy atom. The highest BCUT2D eigenvalue weighted by atomic mass is 16.6. The molecule has 3 rings (SSSR count). The SMILES string of the molecule is CC(C)(C)OC(=O)NN1CC2(CCN(C(=O)OCc3ccccc3)CC2)C1. The molecule has 0 unspecified atom stereocenters. The number of hydrogen-bond acceptors (Lipinski definition) is 5. The van der Waals surface area contributed by atoms with Crippen LogP contribution in [0.1, 0.15) is 39.2 Å². The van der Waals surface area contributed by atoms with Crippen LogP contribution in [0, 0.1) is 5.41 Å². The largest absolute Gasteiger partial charge is 0.445 e. The minimum absolute atomic E-state index is 0.172. The Morgan fingerprint density at radius 2 is 1.74 bits per heavy atom. The molecule has 2 heterocycles. The molecule has 2 amide bonds. The highest BCUT2D eigenvalue weighted by molar-refractivity contribution is 5.68. The van der Waals surface area contributed by atoms with Crippen LogP contribution in [0.15, 0.2) is 30.3 Å². The van der Waals surface area contributed by atoms with Gasteiger partial charge in [-0.3, -0.25) is 5.43 Å². The molecule has 2 saturated heterocycles. The normalized spacial score (nSPS) is 19.3. The maximum Gasteiger partial charge on any atom is 0.422 e. The fraction of sp³-hybridized carbons (Fsp3) is 0.600. The molecule has 27 heavy (non-hydrogen) atoms. The van der Waals surface area contributed by atoms with Gasteiger partial charge in [-0.2, -0.15) is 0 Å². The minimum Gasteiger partial charge on any atom is -0.445 e. The molecule has 148 valence electrons. The van der Waals surface area contributed by atoms with Crippen molar-refractivity contribution in [3.63, 3.8) is 0 Å². The highest BCUT2D eigenvalue weighted by Crippen LogP contribution is 2.39. The molecule has 2 aliphatic heterocycles. The molecule has 2 fully saturated rings. The van der Waals surface area contributed by atoms with E-state index in [0.29, 0.717) is 19.7 Å². The van der Waals surface area contributed by atoms with Crippen molar-refractivity contribution in [3.05, 3.63) is 35.9 Å². The molecule has 0 radical (unpaired) electrons. The smallest absolute Gasteiger partial charge is 0.422 e. The van der Waals surface area contributed by atoms with Gasteiger partial charge in [0.2, 0.25) is 0 Å². The summed E-state index contributed by atoms with van der Waals surface area (Å²) in [6.45, 7) is 8.79. The van der Waals surface area contributed by atoms with Crippen LogP contribution in [0.25, 0.3) is 0 Å². The fourth-order valence-corrected chi connectivity index (χ4v) is 3.56. The van der Waals surface area contributed by atoms with E-state index in [9.17, 15) is 9.59 Å². The molecule has 0 aromatic heterocycles. The third kappa shape index (κ3) is 5.35. The predicted octanol–water partition coefficient (Wildman–Crippen LogP) is 3.16. The summed E-state index contributed by atoms with van der Waals surface area (Å²) < 4.78 is 10.7. The predicted molar refractivity (Wildman–Crippen MR) is 101 cm³/mol. The van der Waals surface area contributed by atoms with Gasteiger partial charge in [0.1, 0.15) is 12.2 Å². The lowest BCUT2D eigenvalue weighted by molar-refractivity contribution is -0.0753. The number of likely N-dealkylation sites (tertiary alicyclic amines) is 1. The van der Waals surface area contributed by atoms with E-state index < -0.39 is 11.7 Å². The second-order valence-electron chi connectivity index (χ2n) is 8.50. The quantitative estimate of drug-likeness (QED) is 0.879. The minimum atomic E-state index is -0.502. The Balaban J connectivity index is 1.37. The molecule has 0 aliphatic carbocycles. The van der Waals surface area contributed by atoms with E-state index in [1.807, 2.05) is 56.1 Å². The van der Waals surface area contributed by atoms with Crippen LogP contribution in [0.2, 0.25) is 0 Å². The van der Waals surface area contributed by atoms with Crippen LogP contribution in [0.5, 0.6) is 0 Å². The number of piperidine rings is 1. The van der Waals surface area contributed by atoms with Crippen molar-refractivity contribution >= 4 is 12.2 Å². The first kappa shape index (κ1) is 19.5. The molecule has 7 nitrogen and oxygen atoms in total. The van der Waals surface area contributed by atoms with Gasteiger partial charge >= 0.3 is 12.2 Å². The van der Waals surface area contributed by atoms with Crippen molar-refractivity contribution < 1.29 is 19.1 Å². The van der Waals surface area contributed by atoms with Crippen molar-refractivity contribution in [1.82, 2.24) is 15.3 Å². The van der Waals surface area contributed by atoms with Gasteiger partial charge < -0.3 is 14.4 Å². The molecule has 1 spiro atoms. The van der Waals surface area contributed by atoms with Crippen molar-refractivity contribution in [2.24, 2.45) is 5.41 Å². The maximum atomic E-state index is 12.3. The third-order valence-electron chi connectivity index (χ3n) is 4.99. The standard InChI is InChI=1S/C20H29N3O4/c1-19(2,3)27-17(24)21-23-14-20(15-23)9-11-22(12-10-20)18(25)26-13-16-7-5-4-6-8-16/h4-8H,9-15H2,1-3H3,(H,21,24). The van der Waals surface area contributed by atoms with Gasteiger partial charge in [0.05, 0.1) is 0 Å². The molecule has 1 aromatic carbocycles. The molecule has 7 heteroatoms. The number of nitrogens with one attached hydrogen (secondary N) is 1. The van der Waals surface area contributed by atoms with Crippen LogP contribution >= 0.6 is 0 Å². The lowest BCUT2D eigenvalue weighted by Gasteiger charge is -2.53. The Kier molecular flexibility index (Phi) is 5.60. The third-order valence-corrected chi connectivity index (χ3v) is 4.99. The van der Waals surface area contributed by atoms with Crippen molar-refractivity contribution in [2.45, 2.75) is 45.8 Å². The number of amides is 2. The molecule has 0 bridgehead atoms. The molecule has 0 saturated carbocycles. The molecule has 1 aromatic rings. The van der Waals surface area contributed by atoms with Crippen molar-refractivity contribution in [3.8, 4) is 0 Å². The zero-order valence-corrected chi connectivity index (χ0v) is 16.4. The zero-order valence-electron chi connectivity index (χ0n) is 16.4. The first-order chi connectivity index (χ1) is 12.7. The van der Waals surface area contributed by atoms with E-state index >= 15 is 0 Å². The van der Waals surface area contributed by atoms with Crippen LogP contribution in [0.3, 0.4) is 0 Å². The van der Waals surface area contributed by atoms with Gasteiger partial charge in [-0.05, 0) is 39.2 Å². The average molecular weight is 375 g/mol.